The predicted octanol–water partition coefficient (Wildman–Crippen LogP) is 7.16. The molecule has 5 heteroatoms. The molecule has 0 saturated heterocycles. The van der Waals surface area contributed by atoms with Gasteiger partial charge in [-0.3, -0.25) is 4.79 Å². The number of hydrogen-bond donors (Lipinski definition) is 0. The van der Waals surface area contributed by atoms with Gasteiger partial charge in [0.25, 0.3) is 0 Å². The molecular formula is C25H20ClNO2S. The fourth-order valence-electron chi connectivity index (χ4n) is 3.10. The highest BCUT2D eigenvalue weighted by Crippen LogP contribution is 2.39. The average Bonchev–Trinajstić information content (AvgIpc) is 3.21. The van der Waals surface area contributed by atoms with Crippen molar-refractivity contribution in [2.75, 3.05) is 19.0 Å². The highest BCUT2D eigenvalue weighted by atomic mass is 35.5. The van der Waals surface area contributed by atoms with Crippen molar-refractivity contribution in [1.82, 2.24) is 0 Å². The van der Waals surface area contributed by atoms with E-state index in [0.29, 0.717) is 15.5 Å². The van der Waals surface area contributed by atoms with Gasteiger partial charge in [-0.2, -0.15) is 0 Å². The SMILES string of the molecule is CN(C)c1sc(C(=O)c2ccc(Cl)cc2)cc1-c1ccc(Oc2ccccc2)cc1. The summed E-state index contributed by atoms with van der Waals surface area (Å²) < 4.78 is 5.89. The van der Waals surface area contributed by atoms with Crippen molar-refractivity contribution in [1.29, 1.82) is 0 Å². The maximum atomic E-state index is 13.0. The number of rotatable bonds is 6. The van der Waals surface area contributed by atoms with Crippen LogP contribution in [0.4, 0.5) is 5.00 Å². The maximum Gasteiger partial charge on any atom is 0.203 e. The molecule has 0 spiro atoms. The molecule has 0 radical (unpaired) electrons. The first kappa shape index (κ1) is 20.2. The van der Waals surface area contributed by atoms with Gasteiger partial charge in [-0.1, -0.05) is 41.9 Å². The van der Waals surface area contributed by atoms with Crippen molar-refractivity contribution in [3.8, 4) is 22.6 Å². The van der Waals surface area contributed by atoms with E-state index in [-0.39, 0.29) is 5.78 Å². The molecule has 4 aromatic rings. The van der Waals surface area contributed by atoms with E-state index in [1.165, 1.54) is 11.3 Å². The minimum atomic E-state index is -0.00459. The molecule has 150 valence electrons. The fourth-order valence-corrected chi connectivity index (χ4v) is 4.29. The summed E-state index contributed by atoms with van der Waals surface area (Å²) in [5.74, 6) is 1.56. The molecule has 4 rings (SSSR count). The number of carbonyl (C=O) groups excluding carboxylic acids is 1. The maximum absolute atomic E-state index is 13.0. The Hall–Kier alpha value is -3.08. The smallest absolute Gasteiger partial charge is 0.203 e. The number of carbonyl (C=O) groups is 1. The van der Waals surface area contributed by atoms with Gasteiger partial charge in [0, 0.05) is 30.2 Å². The third-order valence-electron chi connectivity index (χ3n) is 4.59. The van der Waals surface area contributed by atoms with Gasteiger partial charge in [-0.25, -0.2) is 0 Å². The summed E-state index contributed by atoms with van der Waals surface area (Å²) in [7, 11) is 3.97. The van der Waals surface area contributed by atoms with E-state index in [0.717, 1.165) is 27.6 Å². The number of benzene rings is 3. The molecule has 0 aliphatic carbocycles. The average molecular weight is 434 g/mol. The Morgan fingerprint density at radius 1 is 0.867 bits per heavy atom. The highest BCUT2D eigenvalue weighted by molar-refractivity contribution is 7.18. The summed E-state index contributed by atoms with van der Waals surface area (Å²) in [5, 5.41) is 1.65. The van der Waals surface area contributed by atoms with Gasteiger partial charge in [0.1, 0.15) is 11.5 Å². The Bertz CT molecular complexity index is 1150. The molecule has 0 saturated carbocycles. The van der Waals surface area contributed by atoms with Gasteiger partial charge in [0.15, 0.2) is 0 Å². The van der Waals surface area contributed by atoms with Crippen molar-refractivity contribution in [3.63, 3.8) is 0 Å². The van der Waals surface area contributed by atoms with Gasteiger partial charge in [0.2, 0.25) is 5.78 Å². The summed E-state index contributed by atoms with van der Waals surface area (Å²) in [6.45, 7) is 0. The summed E-state index contributed by atoms with van der Waals surface area (Å²) in [4.78, 5) is 15.7. The molecule has 0 unspecified atom stereocenters. The van der Waals surface area contributed by atoms with E-state index in [4.69, 9.17) is 16.3 Å². The van der Waals surface area contributed by atoms with Crippen molar-refractivity contribution in [3.05, 3.63) is 100 Å². The van der Waals surface area contributed by atoms with E-state index in [1.807, 2.05) is 79.7 Å². The van der Waals surface area contributed by atoms with Gasteiger partial charge in [-0.15, -0.1) is 11.3 Å². The Morgan fingerprint density at radius 3 is 2.13 bits per heavy atom. The van der Waals surface area contributed by atoms with E-state index in [1.54, 1.807) is 24.3 Å². The van der Waals surface area contributed by atoms with Gasteiger partial charge in [0.05, 0.1) is 9.88 Å². The zero-order valence-electron chi connectivity index (χ0n) is 16.6. The molecule has 0 aliphatic heterocycles. The lowest BCUT2D eigenvalue weighted by Gasteiger charge is -2.13. The van der Waals surface area contributed by atoms with Gasteiger partial charge in [-0.05, 0) is 60.2 Å². The Morgan fingerprint density at radius 2 is 1.50 bits per heavy atom. The zero-order valence-corrected chi connectivity index (χ0v) is 18.2. The van der Waals surface area contributed by atoms with Crippen LogP contribution in [0.3, 0.4) is 0 Å². The van der Waals surface area contributed by atoms with E-state index in [2.05, 4.69) is 0 Å². The highest BCUT2D eigenvalue weighted by Gasteiger charge is 2.18. The minimum absolute atomic E-state index is 0.00459. The first-order valence-corrected chi connectivity index (χ1v) is 10.7. The largest absolute Gasteiger partial charge is 0.457 e. The van der Waals surface area contributed by atoms with Crippen LogP contribution < -0.4 is 9.64 Å². The second-order valence-corrected chi connectivity index (χ2v) is 8.47. The molecule has 1 heterocycles. The first-order valence-electron chi connectivity index (χ1n) is 9.46. The Kier molecular flexibility index (Phi) is 5.88. The predicted molar refractivity (Wildman–Crippen MR) is 125 cm³/mol. The number of halogens is 1. The monoisotopic (exact) mass is 433 g/mol. The normalized spacial score (nSPS) is 10.6. The van der Waals surface area contributed by atoms with Crippen molar-refractivity contribution >= 4 is 33.7 Å². The van der Waals surface area contributed by atoms with Crippen LogP contribution in [0.25, 0.3) is 11.1 Å². The zero-order chi connectivity index (χ0) is 21.1. The van der Waals surface area contributed by atoms with E-state index in [9.17, 15) is 4.79 Å². The summed E-state index contributed by atoms with van der Waals surface area (Å²) in [6, 6.07) is 26.6. The molecule has 1 aromatic heterocycles. The lowest BCUT2D eigenvalue weighted by molar-refractivity contribution is 0.104. The molecule has 3 nitrogen and oxygen atoms in total. The second-order valence-electron chi connectivity index (χ2n) is 7.00. The first-order chi connectivity index (χ1) is 14.5. The standard InChI is InChI=1S/C25H20ClNO2S/c1-27(2)25-22(16-23(30-25)24(28)18-8-12-19(26)13-9-18)17-10-14-21(15-11-17)29-20-6-4-3-5-7-20/h3-16H,1-2H3. The van der Waals surface area contributed by atoms with Crippen LogP contribution in [0.5, 0.6) is 11.5 Å². The van der Waals surface area contributed by atoms with E-state index >= 15 is 0 Å². The molecule has 3 aromatic carbocycles. The quantitative estimate of drug-likeness (QED) is 0.302. The van der Waals surface area contributed by atoms with Crippen molar-refractivity contribution < 1.29 is 9.53 Å². The number of hydrogen-bond acceptors (Lipinski definition) is 4. The lowest BCUT2D eigenvalue weighted by Crippen LogP contribution is -2.07. The molecule has 0 aliphatic rings. The number of ether oxygens (including phenoxy) is 1. The number of nitrogens with zero attached hydrogens (tertiary/aromatic N) is 1. The van der Waals surface area contributed by atoms with Crippen LogP contribution in [0.15, 0.2) is 84.9 Å². The van der Waals surface area contributed by atoms with Gasteiger partial charge >= 0.3 is 0 Å². The molecular weight excluding hydrogens is 414 g/mol. The number of ketones is 1. The Labute approximate surface area is 185 Å². The van der Waals surface area contributed by atoms with Crippen LogP contribution in [-0.2, 0) is 0 Å². The van der Waals surface area contributed by atoms with E-state index < -0.39 is 0 Å². The summed E-state index contributed by atoms with van der Waals surface area (Å²) in [5.41, 5.74) is 2.68. The van der Waals surface area contributed by atoms with Crippen LogP contribution in [0, 0.1) is 0 Å². The number of anilines is 1. The topological polar surface area (TPSA) is 29.5 Å². The van der Waals surface area contributed by atoms with Crippen LogP contribution in [0.2, 0.25) is 5.02 Å². The summed E-state index contributed by atoms with van der Waals surface area (Å²) in [6.07, 6.45) is 0. The van der Waals surface area contributed by atoms with Crippen LogP contribution >= 0.6 is 22.9 Å². The minimum Gasteiger partial charge on any atom is -0.457 e. The molecule has 0 bridgehead atoms. The summed E-state index contributed by atoms with van der Waals surface area (Å²) >= 11 is 7.44. The van der Waals surface area contributed by atoms with Crippen LogP contribution in [-0.4, -0.2) is 19.9 Å². The molecule has 0 N–H and O–H groups in total. The number of thiophene rings is 1. The van der Waals surface area contributed by atoms with Crippen molar-refractivity contribution in [2.45, 2.75) is 0 Å². The van der Waals surface area contributed by atoms with Gasteiger partial charge < -0.3 is 9.64 Å². The third kappa shape index (κ3) is 4.40. The van der Waals surface area contributed by atoms with Crippen molar-refractivity contribution in [2.24, 2.45) is 0 Å². The molecule has 30 heavy (non-hydrogen) atoms. The third-order valence-corrected chi connectivity index (χ3v) is 6.15. The lowest BCUT2D eigenvalue weighted by atomic mass is 10.1. The second kappa shape index (κ2) is 8.74. The molecule has 0 amide bonds. The number of para-hydroxylation sites is 1. The fraction of sp³-hybridized carbons (Fsp3) is 0.0800. The molecule has 0 fully saturated rings. The Balaban J connectivity index is 1.63. The van der Waals surface area contributed by atoms with Crippen LogP contribution in [0.1, 0.15) is 15.2 Å². The molecule has 0 atom stereocenters.